The van der Waals surface area contributed by atoms with Crippen molar-refractivity contribution in [1.29, 1.82) is 0 Å². The lowest BCUT2D eigenvalue weighted by Crippen LogP contribution is -2.33. The molecule has 0 saturated carbocycles. The van der Waals surface area contributed by atoms with Gasteiger partial charge in [0.25, 0.3) is 5.91 Å². The predicted molar refractivity (Wildman–Crippen MR) is 89.2 cm³/mol. The Morgan fingerprint density at radius 3 is 2.81 bits per heavy atom. The normalized spacial score (nSPS) is 18.2. The molecule has 0 unspecified atom stereocenters. The van der Waals surface area contributed by atoms with Crippen LogP contribution in [0.3, 0.4) is 0 Å². The van der Waals surface area contributed by atoms with Crippen LogP contribution >= 0.6 is 11.6 Å². The Labute approximate surface area is 132 Å². The Balaban J connectivity index is 2.21. The summed E-state index contributed by atoms with van der Waals surface area (Å²) in [7, 11) is 0. The highest BCUT2D eigenvalue weighted by Gasteiger charge is 2.26. The van der Waals surface area contributed by atoms with E-state index in [4.69, 9.17) is 11.6 Å². The van der Waals surface area contributed by atoms with E-state index in [9.17, 15) is 4.79 Å². The maximum Gasteiger partial charge on any atom is 0.256 e. The quantitative estimate of drug-likeness (QED) is 0.896. The highest BCUT2D eigenvalue weighted by molar-refractivity contribution is 6.31. The van der Waals surface area contributed by atoms with E-state index in [-0.39, 0.29) is 5.91 Å². The second-order valence-electron chi connectivity index (χ2n) is 6.53. The van der Waals surface area contributed by atoms with Crippen molar-refractivity contribution in [3.63, 3.8) is 0 Å². The first-order valence-corrected chi connectivity index (χ1v) is 8.13. The summed E-state index contributed by atoms with van der Waals surface area (Å²) in [4.78, 5) is 14.8. The zero-order valence-corrected chi connectivity index (χ0v) is 14.0. The molecule has 1 amide bonds. The van der Waals surface area contributed by atoms with Crippen LogP contribution in [-0.4, -0.2) is 30.4 Å². The number of likely N-dealkylation sites (tertiary alicyclic amines) is 1. The molecule has 1 aromatic carbocycles. The molecule has 1 N–H and O–H groups in total. The van der Waals surface area contributed by atoms with Crippen molar-refractivity contribution in [1.82, 2.24) is 4.90 Å². The molecule has 1 aromatic rings. The van der Waals surface area contributed by atoms with Crippen LogP contribution in [0.1, 0.15) is 50.4 Å². The Bertz CT molecular complexity index is 514. The van der Waals surface area contributed by atoms with Gasteiger partial charge >= 0.3 is 0 Å². The summed E-state index contributed by atoms with van der Waals surface area (Å²) in [6.45, 7) is 9.03. The molecule has 1 saturated heterocycles. The van der Waals surface area contributed by atoms with Crippen molar-refractivity contribution >= 4 is 23.2 Å². The molecule has 0 atom stereocenters. The van der Waals surface area contributed by atoms with Crippen LogP contribution in [0.25, 0.3) is 0 Å². The number of nitrogens with one attached hydrogen (secondary N) is 1. The molecule has 0 spiro atoms. The molecular formula is C17H25ClN2O. The van der Waals surface area contributed by atoms with Crippen molar-refractivity contribution in [3.05, 3.63) is 28.8 Å². The SMILES string of the molecule is CCNc1ccc(Cl)cc1C(=O)N1CCCC(C)(C)CC1. The lowest BCUT2D eigenvalue weighted by Gasteiger charge is -2.24. The molecule has 0 aromatic heterocycles. The zero-order valence-electron chi connectivity index (χ0n) is 13.2. The van der Waals surface area contributed by atoms with Crippen LogP contribution in [0.5, 0.6) is 0 Å². The highest BCUT2D eigenvalue weighted by Crippen LogP contribution is 2.31. The lowest BCUT2D eigenvalue weighted by molar-refractivity contribution is 0.0758. The molecule has 116 valence electrons. The standard InChI is InChI=1S/C17H25ClN2O/c1-4-19-15-7-6-13(18)12-14(15)16(21)20-10-5-8-17(2,3)9-11-20/h6-7,12,19H,4-5,8-11H2,1-3H3. The highest BCUT2D eigenvalue weighted by atomic mass is 35.5. The third-order valence-corrected chi connectivity index (χ3v) is 4.44. The van der Waals surface area contributed by atoms with Crippen LogP contribution in [0.2, 0.25) is 5.02 Å². The van der Waals surface area contributed by atoms with E-state index in [1.54, 1.807) is 6.07 Å². The topological polar surface area (TPSA) is 32.3 Å². The van der Waals surface area contributed by atoms with Gasteiger partial charge in [0.1, 0.15) is 0 Å². The van der Waals surface area contributed by atoms with Gasteiger partial charge < -0.3 is 10.2 Å². The van der Waals surface area contributed by atoms with Crippen molar-refractivity contribution in [2.45, 2.75) is 40.0 Å². The number of halogens is 1. The molecule has 0 bridgehead atoms. The molecule has 1 fully saturated rings. The number of benzene rings is 1. The summed E-state index contributed by atoms with van der Waals surface area (Å²) < 4.78 is 0. The van der Waals surface area contributed by atoms with Crippen molar-refractivity contribution < 1.29 is 4.79 Å². The fraction of sp³-hybridized carbons (Fsp3) is 0.588. The van der Waals surface area contributed by atoms with Crippen molar-refractivity contribution in [3.8, 4) is 0 Å². The van der Waals surface area contributed by atoms with Gasteiger partial charge in [-0.2, -0.15) is 0 Å². The minimum absolute atomic E-state index is 0.0890. The van der Waals surface area contributed by atoms with Crippen molar-refractivity contribution in [2.75, 3.05) is 25.0 Å². The van der Waals surface area contributed by atoms with E-state index in [1.165, 1.54) is 6.42 Å². The second kappa shape index (κ2) is 6.69. The molecule has 2 rings (SSSR count). The predicted octanol–water partition coefficient (Wildman–Crippen LogP) is 4.42. The van der Waals surface area contributed by atoms with Crippen LogP contribution in [-0.2, 0) is 0 Å². The van der Waals surface area contributed by atoms with Crippen LogP contribution in [0, 0.1) is 5.41 Å². The molecule has 21 heavy (non-hydrogen) atoms. The first kappa shape index (κ1) is 16.2. The number of nitrogens with zero attached hydrogens (tertiary/aromatic N) is 1. The van der Waals surface area contributed by atoms with E-state index in [2.05, 4.69) is 19.2 Å². The molecule has 0 radical (unpaired) electrons. The molecule has 1 aliphatic heterocycles. The molecule has 3 nitrogen and oxygen atoms in total. The van der Waals surface area contributed by atoms with Gasteiger partial charge in [-0.1, -0.05) is 25.4 Å². The van der Waals surface area contributed by atoms with Crippen LogP contribution in [0.4, 0.5) is 5.69 Å². The summed E-state index contributed by atoms with van der Waals surface area (Å²) >= 11 is 6.08. The average molecular weight is 309 g/mol. The van der Waals surface area contributed by atoms with Crippen LogP contribution in [0.15, 0.2) is 18.2 Å². The number of hydrogen-bond donors (Lipinski definition) is 1. The Kier molecular flexibility index (Phi) is 5.15. The Hall–Kier alpha value is -1.22. The number of carbonyl (C=O) groups excluding carboxylic acids is 1. The van der Waals surface area contributed by atoms with Gasteiger partial charge in [-0.05, 0) is 49.8 Å². The molecule has 0 aliphatic carbocycles. The molecule has 1 heterocycles. The van der Waals surface area contributed by atoms with Gasteiger partial charge in [-0.25, -0.2) is 0 Å². The van der Waals surface area contributed by atoms with Gasteiger partial charge in [0.2, 0.25) is 0 Å². The number of amides is 1. The molecule has 4 heteroatoms. The van der Waals surface area contributed by atoms with E-state index >= 15 is 0 Å². The summed E-state index contributed by atoms with van der Waals surface area (Å²) in [5.74, 6) is 0.0890. The first-order chi connectivity index (χ1) is 9.93. The maximum absolute atomic E-state index is 12.8. The number of anilines is 1. The minimum Gasteiger partial charge on any atom is -0.385 e. The minimum atomic E-state index is 0.0890. The van der Waals surface area contributed by atoms with Crippen LogP contribution < -0.4 is 5.32 Å². The fourth-order valence-corrected chi connectivity index (χ4v) is 3.01. The molecular weight excluding hydrogens is 284 g/mol. The number of hydrogen-bond acceptors (Lipinski definition) is 2. The first-order valence-electron chi connectivity index (χ1n) is 7.75. The third-order valence-electron chi connectivity index (χ3n) is 4.21. The summed E-state index contributed by atoms with van der Waals surface area (Å²) in [6.07, 6.45) is 3.29. The van der Waals surface area contributed by atoms with Gasteiger partial charge in [0.15, 0.2) is 0 Å². The van der Waals surface area contributed by atoms with Gasteiger partial charge in [-0.3, -0.25) is 4.79 Å². The van der Waals surface area contributed by atoms with E-state index < -0.39 is 0 Å². The second-order valence-corrected chi connectivity index (χ2v) is 6.97. The van der Waals surface area contributed by atoms with Crippen molar-refractivity contribution in [2.24, 2.45) is 5.41 Å². The van der Waals surface area contributed by atoms with Gasteiger partial charge in [0.05, 0.1) is 5.56 Å². The lowest BCUT2D eigenvalue weighted by atomic mass is 9.85. The Morgan fingerprint density at radius 2 is 2.10 bits per heavy atom. The average Bonchev–Trinajstić information content (AvgIpc) is 2.61. The zero-order chi connectivity index (χ0) is 15.5. The van der Waals surface area contributed by atoms with Gasteiger partial charge in [0, 0.05) is 30.3 Å². The maximum atomic E-state index is 12.8. The largest absolute Gasteiger partial charge is 0.385 e. The van der Waals surface area contributed by atoms with E-state index in [1.807, 2.05) is 24.0 Å². The van der Waals surface area contributed by atoms with Gasteiger partial charge in [-0.15, -0.1) is 0 Å². The third kappa shape index (κ3) is 4.13. The number of rotatable bonds is 3. The monoisotopic (exact) mass is 308 g/mol. The fourth-order valence-electron chi connectivity index (χ4n) is 2.83. The number of carbonyl (C=O) groups is 1. The van der Waals surface area contributed by atoms with E-state index in [0.717, 1.165) is 38.2 Å². The summed E-state index contributed by atoms with van der Waals surface area (Å²) in [5.41, 5.74) is 1.88. The summed E-state index contributed by atoms with van der Waals surface area (Å²) in [5, 5.41) is 3.86. The summed E-state index contributed by atoms with van der Waals surface area (Å²) in [6, 6.07) is 5.49. The smallest absolute Gasteiger partial charge is 0.256 e. The van der Waals surface area contributed by atoms with E-state index in [0.29, 0.717) is 16.0 Å². The Morgan fingerprint density at radius 1 is 1.33 bits per heavy atom. The molecule has 1 aliphatic rings.